The quantitative estimate of drug-likeness (QED) is 0.721. The van der Waals surface area contributed by atoms with Crippen molar-refractivity contribution in [3.05, 3.63) is 29.6 Å². The lowest BCUT2D eigenvalue weighted by Crippen LogP contribution is -2.13. The van der Waals surface area contributed by atoms with Gasteiger partial charge in [0, 0.05) is 11.9 Å². The van der Waals surface area contributed by atoms with E-state index >= 15 is 0 Å². The third-order valence-electron chi connectivity index (χ3n) is 2.26. The summed E-state index contributed by atoms with van der Waals surface area (Å²) in [6, 6.07) is 3.82. The third-order valence-corrected chi connectivity index (χ3v) is 2.26. The first-order chi connectivity index (χ1) is 7.31. The Bertz CT molecular complexity index is 415. The molecule has 0 spiro atoms. The predicted octanol–water partition coefficient (Wildman–Crippen LogP) is 1.68. The minimum Gasteiger partial charge on any atom is -0.362 e. The number of aromatic amines is 1. The van der Waals surface area contributed by atoms with E-state index in [1.165, 1.54) is 0 Å². The molecule has 0 unspecified atom stereocenters. The third kappa shape index (κ3) is 1.98. The van der Waals surface area contributed by atoms with Gasteiger partial charge in [-0.2, -0.15) is 5.10 Å². The van der Waals surface area contributed by atoms with E-state index < -0.39 is 0 Å². The highest BCUT2D eigenvalue weighted by molar-refractivity contribution is 6.27. The molecular weight excluding hydrogens is 190 g/mol. The topological polar surface area (TPSA) is 57.2 Å². The van der Waals surface area contributed by atoms with Gasteiger partial charge in [0.05, 0.1) is 11.3 Å². The maximum Gasteiger partial charge on any atom is 0.273 e. The van der Waals surface area contributed by atoms with Crippen LogP contribution in [0.1, 0.15) is 25.5 Å². The van der Waals surface area contributed by atoms with Crippen LogP contribution in [0.4, 0.5) is 0 Å². The number of nitrogens with one attached hydrogen (secondary N) is 2. The molecular formula is C11H13N3O. The maximum atomic E-state index is 11.5. The Kier molecular flexibility index (Phi) is 2.67. The summed E-state index contributed by atoms with van der Waals surface area (Å²) >= 11 is 0. The van der Waals surface area contributed by atoms with Crippen LogP contribution < -0.4 is 5.43 Å². The van der Waals surface area contributed by atoms with E-state index in [-0.39, 0.29) is 5.91 Å². The molecule has 0 bridgehead atoms. The largest absolute Gasteiger partial charge is 0.362 e. The van der Waals surface area contributed by atoms with Crippen molar-refractivity contribution < 1.29 is 4.79 Å². The van der Waals surface area contributed by atoms with Crippen LogP contribution in [0.3, 0.4) is 0 Å². The molecule has 1 aromatic heterocycles. The van der Waals surface area contributed by atoms with Gasteiger partial charge in [0.25, 0.3) is 5.91 Å². The van der Waals surface area contributed by atoms with Gasteiger partial charge in [0.15, 0.2) is 0 Å². The molecule has 1 aliphatic heterocycles. The maximum absolute atomic E-state index is 11.5. The molecule has 1 aromatic rings. The highest BCUT2D eigenvalue weighted by atomic mass is 16.2. The summed E-state index contributed by atoms with van der Waals surface area (Å²) in [7, 11) is 0. The summed E-state index contributed by atoms with van der Waals surface area (Å²) in [5, 5.41) is 4.00. The Hall–Kier alpha value is -1.84. The number of carbonyl (C=O) groups is 1. The molecule has 4 nitrogen and oxygen atoms in total. The summed E-state index contributed by atoms with van der Waals surface area (Å²) in [6.45, 7) is 2.07. The Labute approximate surface area is 88.1 Å². The molecule has 78 valence electrons. The van der Waals surface area contributed by atoms with E-state index in [1.54, 1.807) is 0 Å². The van der Waals surface area contributed by atoms with Gasteiger partial charge in [-0.25, -0.2) is 5.43 Å². The fourth-order valence-corrected chi connectivity index (χ4v) is 1.54. The standard InChI is InChI=1S/C11H13N3O/c1-2-4-10-9(11(15)14-13-10)7-8-5-3-6-12-8/h3,5-7,12H,2,4H2,1H3,(H,14,15). The zero-order valence-electron chi connectivity index (χ0n) is 8.58. The van der Waals surface area contributed by atoms with Crippen molar-refractivity contribution in [2.75, 3.05) is 0 Å². The van der Waals surface area contributed by atoms with Crippen LogP contribution in [0.2, 0.25) is 0 Å². The summed E-state index contributed by atoms with van der Waals surface area (Å²) < 4.78 is 0. The average molecular weight is 203 g/mol. The van der Waals surface area contributed by atoms with Gasteiger partial charge < -0.3 is 4.98 Å². The highest BCUT2D eigenvalue weighted by Crippen LogP contribution is 2.14. The summed E-state index contributed by atoms with van der Waals surface area (Å²) in [4.78, 5) is 14.5. The Balaban J connectivity index is 2.26. The van der Waals surface area contributed by atoms with E-state index in [4.69, 9.17) is 0 Å². The molecule has 0 aliphatic carbocycles. The molecule has 0 saturated heterocycles. The van der Waals surface area contributed by atoms with Crippen LogP contribution in [-0.4, -0.2) is 16.6 Å². The predicted molar refractivity (Wildman–Crippen MR) is 59.3 cm³/mol. The summed E-state index contributed by atoms with van der Waals surface area (Å²) in [5.74, 6) is -0.118. The van der Waals surface area contributed by atoms with Gasteiger partial charge in [-0.15, -0.1) is 0 Å². The molecule has 1 aliphatic rings. The number of rotatable bonds is 3. The number of hydrazone groups is 1. The van der Waals surface area contributed by atoms with Crippen molar-refractivity contribution in [3.8, 4) is 0 Å². The molecule has 2 N–H and O–H groups in total. The summed E-state index contributed by atoms with van der Waals surface area (Å²) in [6.07, 6.45) is 5.47. The second kappa shape index (κ2) is 4.13. The van der Waals surface area contributed by atoms with Crippen molar-refractivity contribution in [2.24, 2.45) is 5.10 Å². The van der Waals surface area contributed by atoms with Crippen LogP contribution in [0.15, 0.2) is 29.0 Å². The normalized spacial score (nSPS) is 18.1. The Morgan fingerprint density at radius 3 is 3.07 bits per heavy atom. The lowest BCUT2D eigenvalue weighted by atomic mass is 10.1. The van der Waals surface area contributed by atoms with Gasteiger partial charge in [0.2, 0.25) is 0 Å². The van der Waals surface area contributed by atoms with Crippen molar-refractivity contribution in [3.63, 3.8) is 0 Å². The van der Waals surface area contributed by atoms with Crippen LogP contribution in [0.5, 0.6) is 0 Å². The van der Waals surface area contributed by atoms with E-state index in [0.29, 0.717) is 5.57 Å². The number of amides is 1. The number of aromatic nitrogens is 1. The van der Waals surface area contributed by atoms with Gasteiger partial charge in [-0.05, 0) is 24.6 Å². The molecule has 15 heavy (non-hydrogen) atoms. The molecule has 0 radical (unpaired) electrons. The second-order valence-electron chi connectivity index (χ2n) is 3.43. The molecule has 0 atom stereocenters. The van der Waals surface area contributed by atoms with E-state index in [0.717, 1.165) is 24.2 Å². The molecule has 2 rings (SSSR count). The SMILES string of the molecule is CCCC1=NNC(=O)C1=Cc1ccc[nH]1. The van der Waals surface area contributed by atoms with E-state index in [2.05, 4.69) is 22.4 Å². The number of nitrogens with zero attached hydrogens (tertiary/aromatic N) is 1. The first kappa shape index (κ1) is 9.71. The highest BCUT2D eigenvalue weighted by Gasteiger charge is 2.21. The van der Waals surface area contributed by atoms with E-state index in [9.17, 15) is 4.79 Å². The monoisotopic (exact) mass is 203 g/mol. The first-order valence-corrected chi connectivity index (χ1v) is 5.03. The Morgan fingerprint density at radius 2 is 2.40 bits per heavy atom. The van der Waals surface area contributed by atoms with Gasteiger partial charge in [-0.1, -0.05) is 13.3 Å². The van der Waals surface area contributed by atoms with Gasteiger partial charge in [0.1, 0.15) is 0 Å². The molecule has 0 aromatic carbocycles. The molecule has 0 fully saturated rings. The molecule has 2 heterocycles. The lowest BCUT2D eigenvalue weighted by molar-refractivity contribution is -0.116. The molecule has 0 saturated carbocycles. The minimum atomic E-state index is -0.118. The fourth-order valence-electron chi connectivity index (χ4n) is 1.54. The van der Waals surface area contributed by atoms with Gasteiger partial charge in [-0.3, -0.25) is 4.79 Å². The van der Waals surface area contributed by atoms with Crippen molar-refractivity contribution in [1.82, 2.24) is 10.4 Å². The van der Waals surface area contributed by atoms with Crippen LogP contribution in [0.25, 0.3) is 6.08 Å². The van der Waals surface area contributed by atoms with Crippen LogP contribution in [-0.2, 0) is 4.79 Å². The number of H-pyrrole nitrogens is 1. The van der Waals surface area contributed by atoms with Crippen molar-refractivity contribution in [2.45, 2.75) is 19.8 Å². The average Bonchev–Trinajstić information content (AvgIpc) is 2.83. The van der Waals surface area contributed by atoms with Crippen LogP contribution >= 0.6 is 0 Å². The zero-order valence-corrected chi connectivity index (χ0v) is 8.58. The van der Waals surface area contributed by atoms with Crippen molar-refractivity contribution in [1.29, 1.82) is 0 Å². The Morgan fingerprint density at radius 1 is 1.53 bits per heavy atom. The molecule has 1 amide bonds. The number of hydrogen-bond donors (Lipinski definition) is 2. The number of carbonyl (C=O) groups excluding carboxylic acids is 1. The lowest BCUT2D eigenvalue weighted by Gasteiger charge is -1.97. The number of hydrogen-bond acceptors (Lipinski definition) is 2. The molecule has 4 heteroatoms. The van der Waals surface area contributed by atoms with Crippen LogP contribution in [0, 0.1) is 0 Å². The van der Waals surface area contributed by atoms with E-state index in [1.807, 2.05) is 24.4 Å². The minimum absolute atomic E-state index is 0.118. The van der Waals surface area contributed by atoms with Crippen molar-refractivity contribution >= 4 is 17.7 Å². The zero-order chi connectivity index (χ0) is 10.7. The first-order valence-electron chi connectivity index (χ1n) is 5.03. The summed E-state index contributed by atoms with van der Waals surface area (Å²) in [5.41, 5.74) is 4.92. The smallest absolute Gasteiger partial charge is 0.273 e. The second-order valence-corrected chi connectivity index (χ2v) is 3.43. The van der Waals surface area contributed by atoms with Gasteiger partial charge >= 0.3 is 0 Å². The fraction of sp³-hybridized carbons (Fsp3) is 0.273.